The summed E-state index contributed by atoms with van der Waals surface area (Å²) in [5, 5.41) is 14.4. The van der Waals surface area contributed by atoms with Crippen LogP contribution in [0.1, 0.15) is 22.1 Å². The minimum atomic E-state index is -0.783. The molecule has 9 heteroatoms. The molecule has 0 saturated heterocycles. The quantitative estimate of drug-likeness (QED) is 0.469. The van der Waals surface area contributed by atoms with Gasteiger partial charge in [0.25, 0.3) is 17.4 Å². The highest BCUT2D eigenvalue weighted by atomic mass is 16.6. The molecule has 0 fully saturated rings. The smallest absolute Gasteiger partial charge is 0.299 e. The minimum absolute atomic E-state index is 0.00872. The zero-order chi connectivity index (χ0) is 15.1. The lowest BCUT2D eigenvalue weighted by molar-refractivity contribution is -0.384. The molecule has 1 aliphatic heterocycles. The number of aryl methyl sites for hydroxylation is 1. The summed E-state index contributed by atoms with van der Waals surface area (Å²) in [5.74, 6) is -0.964. The molecule has 1 aromatic carbocycles. The lowest BCUT2D eigenvalue weighted by Gasteiger charge is -2.13. The lowest BCUT2D eigenvalue weighted by Crippen LogP contribution is -2.29. The van der Waals surface area contributed by atoms with Crippen molar-refractivity contribution in [1.29, 1.82) is 0 Å². The Labute approximate surface area is 117 Å². The zero-order valence-electron chi connectivity index (χ0n) is 10.8. The fourth-order valence-electron chi connectivity index (χ4n) is 2.11. The summed E-state index contributed by atoms with van der Waals surface area (Å²) in [5.41, 5.74) is 0.0691. The van der Waals surface area contributed by atoms with Crippen molar-refractivity contribution in [1.82, 2.24) is 10.1 Å². The average molecular weight is 288 g/mol. The number of anilines is 1. The number of carbonyl (C=O) groups excluding carboxylic acids is 2. The number of non-ortho nitro benzene ring substituents is 1. The first-order valence-electron chi connectivity index (χ1n) is 5.91. The Morgan fingerprint density at radius 2 is 2.14 bits per heavy atom. The van der Waals surface area contributed by atoms with Crippen LogP contribution in [0.4, 0.5) is 11.4 Å². The molecule has 1 aromatic heterocycles. The molecule has 0 aliphatic carbocycles. The molecule has 0 bridgehead atoms. The van der Waals surface area contributed by atoms with Crippen LogP contribution in [0.25, 0.3) is 0 Å². The van der Waals surface area contributed by atoms with Gasteiger partial charge in [-0.2, -0.15) is 4.98 Å². The van der Waals surface area contributed by atoms with Gasteiger partial charge in [-0.25, -0.2) is 0 Å². The largest absolute Gasteiger partial charge is 0.340 e. The summed E-state index contributed by atoms with van der Waals surface area (Å²) in [6, 6.07) is 3.69. The van der Waals surface area contributed by atoms with Crippen LogP contribution in [0.15, 0.2) is 22.7 Å². The number of rotatable bonds is 3. The van der Waals surface area contributed by atoms with Gasteiger partial charge in [-0.3, -0.25) is 24.6 Å². The van der Waals surface area contributed by atoms with Gasteiger partial charge in [0.15, 0.2) is 5.82 Å². The van der Waals surface area contributed by atoms with E-state index < -0.39 is 16.6 Å². The molecule has 0 unspecified atom stereocenters. The van der Waals surface area contributed by atoms with Crippen molar-refractivity contribution in [3.05, 3.63) is 45.6 Å². The number of carbonyl (C=O) groups is 2. The molecular weight excluding hydrogens is 280 g/mol. The molecule has 9 nitrogen and oxygen atoms in total. The van der Waals surface area contributed by atoms with Gasteiger partial charge < -0.3 is 4.52 Å². The van der Waals surface area contributed by atoms with Crippen molar-refractivity contribution in [3.63, 3.8) is 0 Å². The van der Waals surface area contributed by atoms with E-state index in [-0.39, 0.29) is 23.6 Å². The average Bonchev–Trinajstić information content (AvgIpc) is 2.96. The van der Waals surface area contributed by atoms with Crippen molar-refractivity contribution in [2.45, 2.75) is 13.5 Å². The third-order valence-corrected chi connectivity index (χ3v) is 3.03. The van der Waals surface area contributed by atoms with Gasteiger partial charge in [-0.15, -0.1) is 0 Å². The van der Waals surface area contributed by atoms with E-state index in [0.717, 1.165) is 6.07 Å². The molecule has 0 spiro atoms. The Morgan fingerprint density at radius 3 is 2.76 bits per heavy atom. The molecule has 106 valence electrons. The van der Waals surface area contributed by atoms with Gasteiger partial charge in [0.2, 0.25) is 5.89 Å². The first kappa shape index (κ1) is 12.9. The molecule has 2 heterocycles. The number of nitro benzene ring substituents is 1. The van der Waals surface area contributed by atoms with Crippen molar-refractivity contribution >= 4 is 23.1 Å². The van der Waals surface area contributed by atoms with Gasteiger partial charge in [0, 0.05) is 19.1 Å². The number of hydrogen-bond acceptors (Lipinski definition) is 7. The van der Waals surface area contributed by atoms with Crippen molar-refractivity contribution < 1.29 is 19.0 Å². The SMILES string of the molecule is Cc1nc(CN2C(=O)C(=O)c3cc([N+](=O)[O-])ccc32)no1. The molecule has 21 heavy (non-hydrogen) atoms. The van der Waals surface area contributed by atoms with E-state index in [2.05, 4.69) is 10.1 Å². The molecule has 3 rings (SSSR count). The van der Waals surface area contributed by atoms with Gasteiger partial charge in [0.05, 0.1) is 22.7 Å². The highest BCUT2D eigenvalue weighted by Crippen LogP contribution is 2.32. The Hall–Kier alpha value is -3.10. The highest BCUT2D eigenvalue weighted by molar-refractivity contribution is 6.52. The van der Waals surface area contributed by atoms with Crippen LogP contribution in [0.2, 0.25) is 0 Å². The van der Waals surface area contributed by atoms with Crippen LogP contribution in [-0.4, -0.2) is 26.8 Å². The Kier molecular flexibility index (Phi) is 2.75. The Balaban J connectivity index is 2.00. The van der Waals surface area contributed by atoms with Gasteiger partial charge in [-0.1, -0.05) is 5.16 Å². The highest BCUT2D eigenvalue weighted by Gasteiger charge is 2.37. The number of nitrogens with zero attached hydrogens (tertiary/aromatic N) is 4. The van der Waals surface area contributed by atoms with Crippen LogP contribution in [0.3, 0.4) is 0 Å². The maximum Gasteiger partial charge on any atom is 0.299 e. The van der Waals surface area contributed by atoms with E-state index in [0.29, 0.717) is 11.6 Å². The summed E-state index contributed by atoms with van der Waals surface area (Å²) < 4.78 is 4.80. The van der Waals surface area contributed by atoms with Crippen LogP contribution in [-0.2, 0) is 11.3 Å². The van der Waals surface area contributed by atoms with E-state index in [1.165, 1.54) is 17.0 Å². The summed E-state index contributed by atoms with van der Waals surface area (Å²) in [4.78, 5) is 39.1. The van der Waals surface area contributed by atoms with Gasteiger partial charge in [0.1, 0.15) is 0 Å². The molecular formula is C12H8N4O5. The van der Waals surface area contributed by atoms with Crippen molar-refractivity contribution in [3.8, 4) is 0 Å². The van der Waals surface area contributed by atoms with Gasteiger partial charge >= 0.3 is 0 Å². The third kappa shape index (κ3) is 2.04. The Bertz CT molecular complexity index is 782. The molecule has 0 saturated carbocycles. The monoisotopic (exact) mass is 288 g/mol. The summed E-state index contributed by atoms with van der Waals surface area (Å²) >= 11 is 0. The predicted octanol–water partition coefficient (Wildman–Crippen LogP) is 1.02. The molecule has 2 aromatic rings. The predicted molar refractivity (Wildman–Crippen MR) is 67.7 cm³/mol. The van der Waals surface area contributed by atoms with Crippen LogP contribution in [0.5, 0.6) is 0 Å². The third-order valence-electron chi connectivity index (χ3n) is 3.03. The number of fused-ring (bicyclic) bond motifs is 1. The van der Waals surface area contributed by atoms with Crippen molar-refractivity contribution in [2.75, 3.05) is 4.90 Å². The number of ketones is 1. The number of benzene rings is 1. The van der Waals surface area contributed by atoms with Gasteiger partial charge in [-0.05, 0) is 6.07 Å². The van der Waals surface area contributed by atoms with Crippen molar-refractivity contribution in [2.24, 2.45) is 0 Å². The second kappa shape index (κ2) is 4.47. The van der Waals surface area contributed by atoms with Crippen LogP contribution >= 0.6 is 0 Å². The van der Waals surface area contributed by atoms with E-state index in [1.54, 1.807) is 6.92 Å². The second-order valence-corrected chi connectivity index (χ2v) is 4.41. The second-order valence-electron chi connectivity index (χ2n) is 4.41. The fraction of sp³-hybridized carbons (Fsp3) is 0.167. The summed E-state index contributed by atoms with van der Waals surface area (Å²) in [6.07, 6.45) is 0. The standard InChI is InChI=1S/C12H8N4O5/c1-6-13-10(14-21-6)5-15-9-3-2-7(16(19)20)4-8(9)11(17)12(15)18/h2-4H,5H2,1H3. The molecule has 1 aliphatic rings. The van der Waals surface area contributed by atoms with Crippen LogP contribution < -0.4 is 4.90 Å². The lowest BCUT2D eigenvalue weighted by atomic mass is 10.1. The van der Waals surface area contributed by atoms with E-state index in [9.17, 15) is 19.7 Å². The molecule has 0 atom stereocenters. The van der Waals surface area contributed by atoms with Crippen LogP contribution in [0, 0.1) is 17.0 Å². The maximum absolute atomic E-state index is 12.0. The fourth-order valence-corrected chi connectivity index (χ4v) is 2.11. The van der Waals surface area contributed by atoms with E-state index >= 15 is 0 Å². The summed E-state index contributed by atoms with van der Waals surface area (Å²) in [7, 11) is 0. The number of amides is 1. The first-order chi connectivity index (χ1) is 9.97. The minimum Gasteiger partial charge on any atom is -0.340 e. The number of aromatic nitrogens is 2. The zero-order valence-corrected chi connectivity index (χ0v) is 10.8. The van der Waals surface area contributed by atoms with E-state index in [1.807, 2.05) is 0 Å². The molecule has 0 radical (unpaired) electrons. The topological polar surface area (TPSA) is 119 Å². The molecule has 1 amide bonds. The summed E-state index contributed by atoms with van der Waals surface area (Å²) in [6.45, 7) is 1.57. The number of nitro groups is 1. The maximum atomic E-state index is 12.0. The normalized spacial score (nSPS) is 13.7. The molecule has 0 N–H and O–H groups in total. The number of Topliss-reactive ketones (excluding diaryl/α,β-unsaturated/α-hetero) is 1. The Morgan fingerprint density at radius 1 is 1.38 bits per heavy atom. The number of hydrogen-bond donors (Lipinski definition) is 0. The van der Waals surface area contributed by atoms with E-state index in [4.69, 9.17) is 4.52 Å². The first-order valence-corrected chi connectivity index (χ1v) is 5.91.